The Kier molecular flexibility index (Phi) is 2.93. The van der Waals surface area contributed by atoms with Gasteiger partial charge in [-0.1, -0.05) is 12.1 Å². The second-order valence-electron chi connectivity index (χ2n) is 1.53. The maximum Gasteiger partial charge on any atom is 0.0605 e. The predicted molar refractivity (Wildman–Crippen MR) is 34.1 cm³/mol. The molecular weight excluding hydrogens is 109 g/mol. The number of hydrogen-bond acceptors (Lipinski definition) is 2. The van der Waals surface area contributed by atoms with Gasteiger partial charge in [0, 0.05) is 5.66 Å². The molecule has 0 aliphatic rings. The SMILES string of the molecule is CC(=NO)C(C)P. The van der Waals surface area contributed by atoms with Crippen LogP contribution in [0.5, 0.6) is 0 Å². The van der Waals surface area contributed by atoms with Crippen LogP contribution >= 0.6 is 9.24 Å². The minimum absolute atomic E-state index is 0.282. The van der Waals surface area contributed by atoms with Crippen molar-refractivity contribution >= 4 is 15.0 Å². The fourth-order valence-corrected chi connectivity index (χ4v) is 0.158. The average molecular weight is 119 g/mol. The quantitative estimate of drug-likeness (QED) is 0.238. The van der Waals surface area contributed by atoms with Gasteiger partial charge in [0.15, 0.2) is 0 Å². The third-order valence-electron chi connectivity index (χ3n) is 0.817. The maximum atomic E-state index is 8.08. The molecule has 0 amide bonds. The minimum Gasteiger partial charge on any atom is -0.411 e. The number of oxime groups is 1. The zero-order valence-electron chi connectivity index (χ0n) is 4.55. The molecule has 0 aromatic carbocycles. The normalized spacial score (nSPS) is 16.7. The molecule has 0 aliphatic carbocycles. The predicted octanol–water partition coefficient (Wildman–Crippen LogP) is 1.10. The summed E-state index contributed by atoms with van der Waals surface area (Å²) >= 11 is 0. The van der Waals surface area contributed by atoms with Crippen LogP contribution in [0.2, 0.25) is 0 Å². The Morgan fingerprint density at radius 3 is 2.29 bits per heavy atom. The highest BCUT2D eigenvalue weighted by atomic mass is 31.0. The third kappa shape index (κ3) is 2.58. The molecule has 7 heavy (non-hydrogen) atoms. The summed E-state index contributed by atoms with van der Waals surface area (Å²) in [5.74, 6) is 0. The number of hydrogen-bond donors (Lipinski definition) is 1. The van der Waals surface area contributed by atoms with Crippen LogP contribution in [0.3, 0.4) is 0 Å². The van der Waals surface area contributed by atoms with Crippen LogP contribution in [0.15, 0.2) is 5.16 Å². The van der Waals surface area contributed by atoms with Gasteiger partial charge in [0.2, 0.25) is 0 Å². The van der Waals surface area contributed by atoms with E-state index in [-0.39, 0.29) is 5.66 Å². The fraction of sp³-hybridized carbons (Fsp3) is 0.750. The molecule has 0 aromatic heterocycles. The molecular formula is C4H10NOP. The van der Waals surface area contributed by atoms with Gasteiger partial charge in [-0.3, -0.25) is 0 Å². The van der Waals surface area contributed by atoms with Crippen molar-refractivity contribution in [3.05, 3.63) is 0 Å². The summed E-state index contributed by atoms with van der Waals surface area (Å²) in [6.07, 6.45) is 0. The number of nitrogens with zero attached hydrogens (tertiary/aromatic N) is 1. The van der Waals surface area contributed by atoms with Crippen molar-refractivity contribution in [1.29, 1.82) is 0 Å². The van der Waals surface area contributed by atoms with Gasteiger partial charge in [-0.15, -0.1) is 9.24 Å². The van der Waals surface area contributed by atoms with Gasteiger partial charge in [-0.05, 0) is 6.92 Å². The lowest BCUT2D eigenvalue weighted by molar-refractivity contribution is 0.317. The van der Waals surface area contributed by atoms with Gasteiger partial charge in [-0.25, -0.2) is 0 Å². The summed E-state index contributed by atoms with van der Waals surface area (Å²) in [5, 5.41) is 11.1. The zero-order valence-corrected chi connectivity index (χ0v) is 5.70. The average Bonchev–Trinajstić information content (AvgIpc) is 1.65. The van der Waals surface area contributed by atoms with E-state index in [4.69, 9.17) is 5.21 Å². The molecule has 0 saturated carbocycles. The lowest BCUT2D eigenvalue weighted by atomic mass is 10.3. The van der Waals surface area contributed by atoms with E-state index in [1.165, 1.54) is 0 Å². The van der Waals surface area contributed by atoms with E-state index in [0.29, 0.717) is 0 Å². The molecule has 0 spiro atoms. The van der Waals surface area contributed by atoms with Gasteiger partial charge in [-0.2, -0.15) is 0 Å². The monoisotopic (exact) mass is 119 g/mol. The first-order valence-electron chi connectivity index (χ1n) is 2.12. The second kappa shape index (κ2) is 2.98. The van der Waals surface area contributed by atoms with Gasteiger partial charge < -0.3 is 5.21 Å². The summed E-state index contributed by atoms with van der Waals surface area (Å²) in [5.41, 5.74) is 1.02. The first kappa shape index (κ1) is 6.90. The molecule has 0 fully saturated rings. The van der Waals surface area contributed by atoms with Crippen LogP contribution in [0.25, 0.3) is 0 Å². The van der Waals surface area contributed by atoms with E-state index >= 15 is 0 Å². The highest BCUT2D eigenvalue weighted by Crippen LogP contribution is 1.98. The van der Waals surface area contributed by atoms with Crippen LogP contribution in [0, 0.1) is 0 Å². The highest BCUT2D eigenvalue weighted by molar-refractivity contribution is 7.19. The summed E-state index contributed by atoms with van der Waals surface area (Å²) in [4.78, 5) is 0. The van der Waals surface area contributed by atoms with E-state index < -0.39 is 0 Å². The van der Waals surface area contributed by atoms with Crippen molar-refractivity contribution in [1.82, 2.24) is 0 Å². The Bertz CT molecular complexity index is 79.8. The van der Waals surface area contributed by atoms with Crippen LogP contribution < -0.4 is 0 Å². The van der Waals surface area contributed by atoms with Crippen molar-refractivity contribution in [3.63, 3.8) is 0 Å². The van der Waals surface area contributed by atoms with Crippen LogP contribution in [-0.2, 0) is 0 Å². The zero-order chi connectivity index (χ0) is 5.86. The molecule has 42 valence electrons. The van der Waals surface area contributed by atoms with Crippen LogP contribution in [0.4, 0.5) is 0 Å². The first-order chi connectivity index (χ1) is 3.18. The van der Waals surface area contributed by atoms with Crippen molar-refractivity contribution in [2.24, 2.45) is 5.16 Å². The molecule has 3 heteroatoms. The molecule has 0 radical (unpaired) electrons. The van der Waals surface area contributed by atoms with Crippen molar-refractivity contribution in [3.8, 4) is 0 Å². The largest absolute Gasteiger partial charge is 0.411 e. The molecule has 1 N–H and O–H groups in total. The van der Waals surface area contributed by atoms with Gasteiger partial charge in [0.1, 0.15) is 0 Å². The van der Waals surface area contributed by atoms with Crippen LogP contribution in [-0.4, -0.2) is 16.6 Å². The molecule has 2 unspecified atom stereocenters. The number of rotatable bonds is 1. The topological polar surface area (TPSA) is 32.6 Å². The fourth-order valence-electron chi connectivity index (χ4n) is 0.0911. The smallest absolute Gasteiger partial charge is 0.0605 e. The van der Waals surface area contributed by atoms with Crippen molar-refractivity contribution < 1.29 is 5.21 Å². The maximum absolute atomic E-state index is 8.08. The van der Waals surface area contributed by atoms with Crippen LogP contribution in [0.1, 0.15) is 13.8 Å². The molecule has 0 heterocycles. The standard InChI is InChI=1S/C4H10NOP/c1-3(5-6)4(2)7/h4,6H,7H2,1-2H3. The highest BCUT2D eigenvalue weighted by Gasteiger charge is 1.94. The molecule has 0 rings (SSSR count). The molecule has 0 saturated heterocycles. The summed E-state index contributed by atoms with van der Waals surface area (Å²) in [6.45, 7) is 3.72. The summed E-state index contributed by atoms with van der Waals surface area (Å²) in [6, 6.07) is 0. The Morgan fingerprint density at radius 2 is 2.29 bits per heavy atom. The molecule has 0 bridgehead atoms. The lowest BCUT2D eigenvalue weighted by Gasteiger charge is -1.96. The molecule has 2 atom stereocenters. The summed E-state index contributed by atoms with van der Waals surface area (Å²) < 4.78 is 0. The van der Waals surface area contributed by atoms with Crippen molar-refractivity contribution in [2.45, 2.75) is 19.5 Å². The van der Waals surface area contributed by atoms with E-state index in [0.717, 1.165) is 5.71 Å². The molecule has 0 aliphatic heterocycles. The van der Waals surface area contributed by atoms with E-state index in [1.807, 2.05) is 6.92 Å². The van der Waals surface area contributed by atoms with E-state index in [2.05, 4.69) is 14.4 Å². The van der Waals surface area contributed by atoms with Gasteiger partial charge in [0.25, 0.3) is 0 Å². The van der Waals surface area contributed by atoms with E-state index in [1.54, 1.807) is 6.92 Å². The Hall–Kier alpha value is -0.100. The Balaban J connectivity index is 3.56. The van der Waals surface area contributed by atoms with Gasteiger partial charge in [0.05, 0.1) is 5.71 Å². The lowest BCUT2D eigenvalue weighted by Crippen LogP contribution is -2.03. The Labute approximate surface area is 45.8 Å². The summed E-state index contributed by atoms with van der Waals surface area (Å²) in [7, 11) is 2.53. The minimum atomic E-state index is 0.282. The second-order valence-corrected chi connectivity index (χ2v) is 2.53. The van der Waals surface area contributed by atoms with Gasteiger partial charge >= 0.3 is 0 Å². The van der Waals surface area contributed by atoms with Crippen molar-refractivity contribution in [2.75, 3.05) is 0 Å². The third-order valence-corrected chi connectivity index (χ3v) is 1.30. The van der Waals surface area contributed by atoms with E-state index in [9.17, 15) is 0 Å². The Morgan fingerprint density at radius 1 is 1.86 bits per heavy atom. The molecule has 2 nitrogen and oxygen atoms in total. The molecule has 0 aromatic rings. The first-order valence-corrected chi connectivity index (χ1v) is 2.79.